The molecule has 2 atom stereocenters. The van der Waals surface area contributed by atoms with Gasteiger partial charge in [0, 0.05) is 0 Å². The highest BCUT2D eigenvalue weighted by Gasteiger charge is 2.40. The SMILES string of the molecule is CC1CC1C(=O)Oc1ccc(-n2cnnn2)cc1. The van der Waals surface area contributed by atoms with Gasteiger partial charge in [0.2, 0.25) is 0 Å². The summed E-state index contributed by atoms with van der Waals surface area (Å²) in [6.07, 6.45) is 2.44. The van der Waals surface area contributed by atoms with Crippen LogP contribution in [0.4, 0.5) is 0 Å². The normalized spacial score (nSPS) is 21.6. The van der Waals surface area contributed by atoms with Gasteiger partial charge in [-0.15, -0.1) is 5.10 Å². The maximum atomic E-state index is 11.6. The molecule has 0 amide bonds. The molecule has 92 valence electrons. The Bertz CT molecular complexity index is 550. The maximum absolute atomic E-state index is 11.6. The largest absolute Gasteiger partial charge is 0.426 e. The number of esters is 1. The van der Waals surface area contributed by atoms with Crippen molar-refractivity contribution in [3.05, 3.63) is 30.6 Å². The molecule has 1 aliphatic carbocycles. The lowest BCUT2D eigenvalue weighted by Crippen LogP contribution is -2.11. The van der Waals surface area contributed by atoms with Crippen LogP contribution >= 0.6 is 0 Å². The Labute approximate surface area is 104 Å². The Morgan fingerprint density at radius 1 is 1.39 bits per heavy atom. The molecule has 6 heteroatoms. The van der Waals surface area contributed by atoms with Crippen LogP contribution in [0.25, 0.3) is 5.69 Å². The monoisotopic (exact) mass is 244 g/mol. The van der Waals surface area contributed by atoms with E-state index in [0.717, 1.165) is 12.1 Å². The lowest BCUT2D eigenvalue weighted by Gasteiger charge is -2.04. The third kappa shape index (κ3) is 2.09. The standard InChI is InChI=1S/C12H12N4O2/c1-8-6-11(8)12(17)18-10-4-2-9(3-5-10)16-7-13-14-15-16/h2-5,7-8,11H,6H2,1H3. The van der Waals surface area contributed by atoms with Crippen LogP contribution in [-0.4, -0.2) is 26.2 Å². The first-order valence-corrected chi connectivity index (χ1v) is 5.79. The Balaban J connectivity index is 1.69. The van der Waals surface area contributed by atoms with Crippen molar-refractivity contribution in [2.45, 2.75) is 13.3 Å². The minimum absolute atomic E-state index is 0.0733. The van der Waals surface area contributed by atoms with Crippen molar-refractivity contribution in [3.63, 3.8) is 0 Å². The van der Waals surface area contributed by atoms with Gasteiger partial charge in [0.15, 0.2) is 0 Å². The molecule has 1 fully saturated rings. The fourth-order valence-electron chi connectivity index (χ4n) is 1.79. The molecule has 0 spiro atoms. The van der Waals surface area contributed by atoms with Crippen molar-refractivity contribution in [1.29, 1.82) is 0 Å². The van der Waals surface area contributed by atoms with E-state index in [9.17, 15) is 4.79 Å². The molecule has 1 heterocycles. The van der Waals surface area contributed by atoms with E-state index in [1.807, 2.05) is 6.92 Å². The van der Waals surface area contributed by atoms with Crippen molar-refractivity contribution in [1.82, 2.24) is 20.2 Å². The van der Waals surface area contributed by atoms with E-state index in [-0.39, 0.29) is 11.9 Å². The molecule has 6 nitrogen and oxygen atoms in total. The van der Waals surface area contributed by atoms with Crippen molar-refractivity contribution in [3.8, 4) is 11.4 Å². The molecule has 2 unspecified atom stereocenters. The highest BCUT2D eigenvalue weighted by Crippen LogP contribution is 2.38. The summed E-state index contributed by atoms with van der Waals surface area (Å²) in [7, 11) is 0. The molecule has 1 aromatic carbocycles. The highest BCUT2D eigenvalue weighted by molar-refractivity contribution is 5.78. The summed E-state index contributed by atoms with van der Waals surface area (Å²) in [6.45, 7) is 2.05. The van der Waals surface area contributed by atoms with Gasteiger partial charge in [0.25, 0.3) is 0 Å². The van der Waals surface area contributed by atoms with Crippen LogP contribution in [0.15, 0.2) is 30.6 Å². The number of nitrogens with zero attached hydrogens (tertiary/aromatic N) is 4. The van der Waals surface area contributed by atoms with Crippen molar-refractivity contribution in [2.75, 3.05) is 0 Å². The molecule has 0 radical (unpaired) electrons. The molecule has 0 bridgehead atoms. The summed E-state index contributed by atoms with van der Waals surface area (Å²) < 4.78 is 6.82. The lowest BCUT2D eigenvalue weighted by atomic mass is 10.3. The van der Waals surface area contributed by atoms with Gasteiger partial charge in [-0.2, -0.15) is 0 Å². The number of hydrogen-bond donors (Lipinski definition) is 0. The summed E-state index contributed by atoms with van der Waals surface area (Å²) >= 11 is 0. The number of carbonyl (C=O) groups excluding carboxylic acids is 1. The van der Waals surface area contributed by atoms with E-state index in [1.165, 1.54) is 11.0 Å². The van der Waals surface area contributed by atoms with Gasteiger partial charge in [-0.25, -0.2) is 4.68 Å². The first-order valence-electron chi connectivity index (χ1n) is 5.79. The molecule has 1 aliphatic rings. The van der Waals surface area contributed by atoms with Crippen molar-refractivity contribution < 1.29 is 9.53 Å². The number of hydrogen-bond acceptors (Lipinski definition) is 5. The molecule has 3 rings (SSSR count). The van der Waals surface area contributed by atoms with Gasteiger partial charge in [-0.05, 0) is 47.0 Å². The fourth-order valence-corrected chi connectivity index (χ4v) is 1.79. The number of carbonyl (C=O) groups is 1. The average molecular weight is 244 g/mol. The lowest BCUT2D eigenvalue weighted by molar-refractivity contribution is -0.136. The molecule has 0 saturated heterocycles. The number of rotatable bonds is 3. The van der Waals surface area contributed by atoms with Gasteiger partial charge in [-0.1, -0.05) is 6.92 Å². The van der Waals surface area contributed by atoms with E-state index in [0.29, 0.717) is 11.7 Å². The fraction of sp³-hybridized carbons (Fsp3) is 0.333. The van der Waals surface area contributed by atoms with Crippen LogP contribution in [0, 0.1) is 11.8 Å². The Kier molecular flexibility index (Phi) is 2.55. The van der Waals surface area contributed by atoms with E-state index in [2.05, 4.69) is 15.5 Å². The number of aromatic nitrogens is 4. The molecule has 1 aromatic heterocycles. The van der Waals surface area contributed by atoms with Gasteiger partial charge in [0.05, 0.1) is 11.6 Å². The minimum Gasteiger partial charge on any atom is -0.426 e. The molecule has 2 aromatic rings. The molecule has 0 N–H and O–H groups in total. The van der Waals surface area contributed by atoms with Gasteiger partial charge in [-0.3, -0.25) is 4.79 Å². The van der Waals surface area contributed by atoms with Crippen LogP contribution in [0.3, 0.4) is 0 Å². The van der Waals surface area contributed by atoms with Crippen molar-refractivity contribution in [2.24, 2.45) is 11.8 Å². The predicted octanol–water partition coefficient (Wildman–Crippen LogP) is 1.22. The molecule has 0 aliphatic heterocycles. The third-order valence-electron chi connectivity index (χ3n) is 3.08. The zero-order valence-electron chi connectivity index (χ0n) is 9.85. The van der Waals surface area contributed by atoms with E-state index >= 15 is 0 Å². The Morgan fingerprint density at radius 2 is 2.11 bits per heavy atom. The zero-order chi connectivity index (χ0) is 12.5. The van der Waals surface area contributed by atoms with Crippen LogP contribution in [-0.2, 0) is 4.79 Å². The predicted molar refractivity (Wildman–Crippen MR) is 62.1 cm³/mol. The summed E-state index contributed by atoms with van der Waals surface area (Å²) in [5.74, 6) is 0.941. The van der Waals surface area contributed by atoms with Crippen molar-refractivity contribution >= 4 is 5.97 Å². The van der Waals surface area contributed by atoms with E-state index in [1.54, 1.807) is 24.3 Å². The molecule has 18 heavy (non-hydrogen) atoms. The summed E-state index contributed by atoms with van der Waals surface area (Å²) in [5.41, 5.74) is 0.819. The topological polar surface area (TPSA) is 69.9 Å². The second-order valence-electron chi connectivity index (χ2n) is 4.49. The Hall–Kier alpha value is -2.24. The van der Waals surface area contributed by atoms with Crippen LogP contribution in [0.5, 0.6) is 5.75 Å². The smallest absolute Gasteiger partial charge is 0.314 e. The number of tetrazole rings is 1. The van der Waals surface area contributed by atoms with E-state index in [4.69, 9.17) is 4.74 Å². The molecular weight excluding hydrogens is 232 g/mol. The maximum Gasteiger partial charge on any atom is 0.314 e. The highest BCUT2D eigenvalue weighted by atomic mass is 16.5. The third-order valence-corrected chi connectivity index (χ3v) is 3.08. The summed E-state index contributed by atoms with van der Waals surface area (Å²) in [4.78, 5) is 11.6. The molecule has 1 saturated carbocycles. The number of ether oxygens (including phenoxy) is 1. The Morgan fingerprint density at radius 3 is 2.67 bits per heavy atom. The van der Waals surface area contributed by atoms with Gasteiger partial charge in [0.1, 0.15) is 12.1 Å². The second kappa shape index (κ2) is 4.21. The first kappa shape index (κ1) is 10.9. The first-order chi connectivity index (χ1) is 8.74. The van der Waals surface area contributed by atoms with Crippen LogP contribution < -0.4 is 4.74 Å². The molecular formula is C12H12N4O2. The second-order valence-corrected chi connectivity index (χ2v) is 4.49. The summed E-state index contributed by atoms with van der Waals surface area (Å²) in [5, 5.41) is 10.9. The van der Waals surface area contributed by atoms with Crippen LogP contribution in [0.1, 0.15) is 13.3 Å². The number of benzene rings is 1. The van der Waals surface area contributed by atoms with Gasteiger partial charge >= 0.3 is 5.97 Å². The minimum atomic E-state index is -0.141. The average Bonchev–Trinajstić information content (AvgIpc) is 2.91. The van der Waals surface area contributed by atoms with Crippen LogP contribution in [0.2, 0.25) is 0 Å². The quantitative estimate of drug-likeness (QED) is 0.599. The van der Waals surface area contributed by atoms with E-state index < -0.39 is 0 Å². The summed E-state index contributed by atoms with van der Waals surface area (Å²) in [6, 6.07) is 7.08. The van der Waals surface area contributed by atoms with Gasteiger partial charge < -0.3 is 4.74 Å². The zero-order valence-corrected chi connectivity index (χ0v) is 9.85.